The smallest absolute Gasteiger partial charge is 0.326 e. The zero-order valence-electron chi connectivity index (χ0n) is 9.13. The Balaban J connectivity index is 2.44. The average Bonchev–Trinajstić information content (AvgIpc) is 2.74. The van der Waals surface area contributed by atoms with Crippen molar-refractivity contribution in [2.75, 3.05) is 20.1 Å². The molecule has 1 aliphatic heterocycles. The summed E-state index contributed by atoms with van der Waals surface area (Å²) < 4.78 is 1.83. The van der Waals surface area contributed by atoms with Crippen molar-refractivity contribution in [3.8, 4) is 0 Å². The highest BCUT2D eigenvalue weighted by molar-refractivity contribution is 8.67. The van der Waals surface area contributed by atoms with E-state index in [0.29, 0.717) is 25.9 Å². The number of nitrogens with zero attached hydrogens (tertiary/aromatic N) is 2. The number of hydrogen-bond acceptors (Lipinski definition) is 5. The van der Waals surface area contributed by atoms with Crippen LogP contribution in [0.2, 0.25) is 0 Å². The van der Waals surface area contributed by atoms with E-state index >= 15 is 0 Å². The molecular formula is C9H16N2O3S2. The summed E-state index contributed by atoms with van der Waals surface area (Å²) in [6.07, 6.45) is 1.69. The Morgan fingerprint density at radius 2 is 2.31 bits per heavy atom. The highest BCUT2D eigenvalue weighted by Crippen LogP contribution is 2.19. The monoisotopic (exact) mass is 264 g/mol. The number of hydrogen-bond donors (Lipinski definition) is 2. The first kappa shape index (κ1) is 13.7. The van der Waals surface area contributed by atoms with E-state index in [4.69, 9.17) is 5.11 Å². The molecule has 1 N–H and O–H groups in total. The molecule has 16 heavy (non-hydrogen) atoms. The number of aliphatic carboxylic acids is 1. The van der Waals surface area contributed by atoms with E-state index in [-0.39, 0.29) is 5.91 Å². The van der Waals surface area contributed by atoms with E-state index in [1.54, 1.807) is 0 Å². The Morgan fingerprint density at radius 3 is 2.88 bits per heavy atom. The van der Waals surface area contributed by atoms with Crippen LogP contribution in [0.1, 0.15) is 19.3 Å². The molecule has 1 aliphatic rings. The van der Waals surface area contributed by atoms with Crippen molar-refractivity contribution >= 4 is 34.5 Å². The molecule has 1 heterocycles. The van der Waals surface area contributed by atoms with Crippen molar-refractivity contribution < 1.29 is 14.7 Å². The summed E-state index contributed by atoms with van der Waals surface area (Å²) in [7, 11) is 3.09. The number of carboxylic acid groups (broad SMARTS) is 1. The summed E-state index contributed by atoms with van der Waals surface area (Å²) in [5.74, 6) is -0.984. The van der Waals surface area contributed by atoms with Crippen LogP contribution >= 0.6 is 22.6 Å². The summed E-state index contributed by atoms with van der Waals surface area (Å²) in [5.41, 5.74) is 0. The first-order chi connectivity index (χ1) is 7.56. The molecule has 0 aromatic carbocycles. The van der Waals surface area contributed by atoms with E-state index in [1.807, 2.05) is 11.4 Å². The SMILES string of the molecule is CN(CCC(=O)N1CCC[C@H]1C(=O)O)SS. The molecule has 0 bridgehead atoms. The molecule has 0 unspecified atom stereocenters. The molecule has 7 heteroatoms. The molecule has 5 nitrogen and oxygen atoms in total. The summed E-state index contributed by atoms with van der Waals surface area (Å²) in [4.78, 5) is 24.1. The molecule has 0 spiro atoms. The molecule has 0 aromatic rings. The van der Waals surface area contributed by atoms with Gasteiger partial charge in [0.2, 0.25) is 5.91 Å². The molecule has 1 atom stereocenters. The zero-order valence-corrected chi connectivity index (χ0v) is 10.8. The van der Waals surface area contributed by atoms with Gasteiger partial charge in [-0.2, -0.15) is 0 Å². The van der Waals surface area contributed by atoms with E-state index in [9.17, 15) is 9.59 Å². The third kappa shape index (κ3) is 3.57. The maximum atomic E-state index is 11.8. The van der Waals surface area contributed by atoms with Crippen LogP contribution in [-0.4, -0.2) is 52.4 Å². The molecular weight excluding hydrogens is 248 g/mol. The fraction of sp³-hybridized carbons (Fsp3) is 0.778. The Morgan fingerprint density at radius 1 is 1.62 bits per heavy atom. The molecule has 1 fully saturated rings. The average molecular weight is 264 g/mol. The Labute approximate surface area is 104 Å². The van der Waals surface area contributed by atoms with Gasteiger partial charge in [0, 0.05) is 19.5 Å². The van der Waals surface area contributed by atoms with E-state index in [1.165, 1.54) is 15.9 Å². The van der Waals surface area contributed by atoms with Crippen LogP contribution in [0.5, 0.6) is 0 Å². The van der Waals surface area contributed by atoms with Crippen molar-refractivity contribution in [2.24, 2.45) is 0 Å². The molecule has 1 rings (SSSR count). The van der Waals surface area contributed by atoms with Gasteiger partial charge in [0.25, 0.3) is 0 Å². The minimum Gasteiger partial charge on any atom is -0.480 e. The predicted octanol–water partition coefficient (Wildman–Crippen LogP) is 0.877. The number of carboxylic acids is 1. The second-order valence-corrected chi connectivity index (χ2v) is 5.04. The standard InChI is InChI=1S/C9H16N2O3S2/c1-10(16-15)6-4-8(12)11-5-2-3-7(11)9(13)14/h7,15H,2-6H2,1H3,(H,13,14)/t7-/m0/s1. The van der Waals surface area contributed by atoms with Crippen LogP contribution in [0, 0.1) is 0 Å². The zero-order chi connectivity index (χ0) is 12.1. The van der Waals surface area contributed by atoms with Gasteiger partial charge in [-0.05, 0) is 30.9 Å². The lowest BCUT2D eigenvalue weighted by Crippen LogP contribution is -2.41. The van der Waals surface area contributed by atoms with Gasteiger partial charge in [0.1, 0.15) is 6.04 Å². The maximum Gasteiger partial charge on any atom is 0.326 e. The molecule has 0 aromatic heterocycles. The predicted molar refractivity (Wildman–Crippen MR) is 66.2 cm³/mol. The topological polar surface area (TPSA) is 60.9 Å². The van der Waals surface area contributed by atoms with Crippen LogP contribution < -0.4 is 0 Å². The van der Waals surface area contributed by atoms with Gasteiger partial charge in [-0.3, -0.25) is 4.79 Å². The summed E-state index contributed by atoms with van der Waals surface area (Å²) >= 11 is 4.00. The van der Waals surface area contributed by atoms with Crippen LogP contribution in [0.15, 0.2) is 0 Å². The van der Waals surface area contributed by atoms with Gasteiger partial charge in [0.05, 0.1) is 0 Å². The second-order valence-electron chi connectivity index (χ2n) is 3.77. The number of thiol groups is 1. The lowest BCUT2D eigenvalue weighted by molar-refractivity contribution is -0.148. The number of carbonyl (C=O) groups excluding carboxylic acids is 1. The van der Waals surface area contributed by atoms with Crippen LogP contribution in [0.3, 0.4) is 0 Å². The third-order valence-corrected chi connectivity index (χ3v) is 3.94. The maximum absolute atomic E-state index is 11.8. The fourth-order valence-electron chi connectivity index (χ4n) is 1.76. The highest BCUT2D eigenvalue weighted by Gasteiger charge is 2.33. The third-order valence-electron chi connectivity index (χ3n) is 2.64. The Kier molecular flexibility index (Phi) is 5.43. The van der Waals surface area contributed by atoms with Crippen LogP contribution in [0.4, 0.5) is 0 Å². The van der Waals surface area contributed by atoms with E-state index in [0.717, 1.165) is 6.42 Å². The molecule has 0 radical (unpaired) electrons. The fourth-order valence-corrected chi connectivity index (χ4v) is 2.18. The molecule has 92 valence electrons. The second kappa shape index (κ2) is 6.36. The lowest BCUT2D eigenvalue weighted by Gasteiger charge is -2.22. The van der Waals surface area contributed by atoms with E-state index < -0.39 is 12.0 Å². The van der Waals surface area contributed by atoms with Gasteiger partial charge >= 0.3 is 5.97 Å². The number of carbonyl (C=O) groups is 2. The first-order valence-electron chi connectivity index (χ1n) is 5.11. The van der Waals surface area contributed by atoms with Crippen LogP contribution in [-0.2, 0) is 9.59 Å². The van der Waals surface area contributed by atoms with Gasteiger partial charge in [-0.15, -0.1) is 0 Å². The summed E-state index contributed by atoms with van der Waals surface area (Å²) in [6, 6.07) is -0.624. The molecule has 1 saturated heterocycles. The first-order valence-corrected chi connectivity index (χ1v) is 6.93. The number of rotatable bonds is 5. The minimum atomic E-state index is -0.900. The minimum absolute atomic E-state index is 0.0841. The van der Waals surface area contributed by atoms with Crippen molar-refractivity contribution in [3.63, 3.8) is 0 Å². The summed E-state index contributed by atoms with van der Waals surface area (Å²) in [6.45, 7) is 1.14. The number of likely N-dealkylation sites (tertiary alicyclic amines) is 1. The van der Waals surface area contributed by atoms with Gasteiger partial charge in [-0.25, -0.2) is 9.10 Å². The van der Waals surface area contributed by atoms with Gasteiger partial charge < -0.3 is 10.0 Å². The largest absolute Gasteiger partial charge is 0.480 e. The summed E-state index contributed by atoms with van der Waals surface area (Å²) in [5, 5.41) is 8.94. The van der Waals surface area contributed by atoms with Crippen molar-refractivity contribution in [2.45, 2.75) is 25.3 Å². The van der Waals surface area contributed by atoms with E-state index in [2.05, 4.69) is 11.7 Å². The quantitative estimate of drug-likeness (QED) is 0.438. The highest BCUT2D eigenvalue weighted by atomic mass is 33.1. The molecule has 1 amide bonds. The lowest BCUT2D eigenvalue weighted by atomic mass is 10.2. The molecule has 0 saturated carbocycles. The van der Waals surface area contributed by atoms with Crippen molar-refractivity contribution in [1.82, 2.24) is 9.21 Å². The Bertz CT molecular complexity index is 275. The Hall–Kier alpha value is -0.400. The van der Waals surface area contributed by atoms with Gasteiger partial charge in [0.15, 0.2) is 0 Å². The van der Waals surface area contributed by atoms with Crippen molar-refractivity contribution in [3.05, 3.63) is 0 Å². The van der Waals surface area contributed by atoms with Gasteiger partial charge in [-0.1, -0.05) is 11.7 Å². The molecule has 0 aliphatic carbocycles. The van der Waals surface area contributed by atoms with Crippen LogP contribution in [0.25, 0.3) is 0 Å². The normalized spacial score (nSPS) is 20.4. The number of amides is 1. The van der Waals surface area contributed by atoms with Crippen molar-refractivity contribution in [1.29, 1.82) is 0 Å².